The van der Waals surface area contributed by atoms with Crippen LogP contribution in [0.2, 0.25) is 0 Å². The van der Waals surface area contributed by atoms with Gasteiger partial charge in [0.1, 0.15) is 5.82 Å². The summed E-state index contributed by atoms with van der Waals surface area (Å²) < 4.78 is 5.07. The maximum atomic E-state index is 11.8. The van der Waals surface area contributed by atoms with Crippen molar-refractivity contribution in [3.05, 3.63) is 41.6 Å². The highest BCUT2D eigenvalue weighted by Gasteiger charge is 2.23. The first-order valence-electron chi connectivity index (χ1n) is 9.41. The number of anilines is 3. The van der Waals surface area contributed by atoms with Crippen LogP contribution in [0.4, 0.5) is 22.2 Å². The van der Waals surface area contributed by atoms with Crippen molar-refractivity contribution < 1.29 is 9.53 Å². The van der Waals surface area contributed by atoms with Gasteiger partial charge in [0.15, 0.2) is 0 Å². The lowest BCUT2D eigenvalue weighted by Gasteiger charge is -2.31. The van der Waals surface area contributed by atoms with Crippen LogP contribution in [-0.4, -0.2) is 46.7 Å². The van der Waals surface area contributed by atoms with Crippen LogP contribution >= 0.6 is 0 Å². The molecule has 0 aliphatic carbocycles. The van der Waals surface area contributed by atoms with E-state index in [9.17, 15) is 4.79 Å². The fourth-order valence-corrected chi connectivity index (χ4v) is 3.16. The van der Waals surface area contributed by atoms with Crippen molar-refractivity contribution in [2.75, 3.05) is 30.3 Å². The van der Waals surface area contributed by atoms with Crippen molar-refractivity contribution in [2.45, 2.75) is 39.7 Å². The normalized spacial score (nSPS) is 14.7. The number of amides is 1. The highest BCUT2D eigenvalue weighted by molar-refractivity contribution is 5.67. The van der Waals surface area contributed by atoms with Gasteiger partial charge in [0.2, 0.25) is 5.95 Å². The van der Waals surface area contributed by atoms with Crippen LogP contribution in [0, 0.1) is 13.8 Å². The Morgan fingerprint density at radius 3 is 2.67 bits per heavy atom. The summed E-state index contributed by atoms with van der Waals surface area (Å²) in [6.07, 6.45) is 1.50. The third-order valence-corrected chi connectivity index (χ3v) is 4.62. The largest absolute Gasteiger partial charge is 0.450 e. The zero-order valence-corrected chi connectivity index (χ0v) is 16.2. The number of rotatable bonds is 5. The maximum absolute atomic E-state index is 11.8. The van der Waals surface area contributed by atoms with E-state index in [0.717, 1.165) is 35.6 Å². The van der Waals surface area contributed by atoms with E-state index in [2.05, 4.69) is 33.6 Å². The van der Waals surface area contributed by atoms with Crippen LogP contribution in [0.25, 0.3) is 0 Å². The van der Waals surface area contributed by atoms with Crippen LogP contribution in [0.15, 0.2) is 30.3 Å². The Kier molecular flexibility index (Phi) is 6.11. The number of nitrogens with one attached hydrogen (secondary N) is 2. The topological polar surface area (TPSA) is 79.4 Å². The van der Waals surface area contributed by atoms with E-state index in [4.69, 9.17) is 4.74 Å². The Hall–Kier alpha value is -2.83. The van der Waals surface area contributed by atoms with Gasteiger partial charge < -0.3 is 20.3 Å². The van der Waals surface area contributed by atoms with Gasteiger partial charge in [0, 0.05) is 36.6 Å². The van der Waals surface area contributed by atoms with Gasteiger partial charge in [-0.15, -0.1) is 0 Å². The minimum Gasteiger partial charge on any atom is -0.450 e. The fourth-order valence-electron chi connectivity index (χ4n) is 3.16. The number of carbonyl (C=O) groups excluding carboxylic acids is 1. The molecule has 0 radical (unpaired) electrons. The van der Waals surface area contributed by atoms with Crippen molar-refractivity contribution in [1.82, 2.24) is 14.9 Å². The molecule has 0 spiro atoms. The molecular weight excluding hydrogens is 342 g/mol. The van der Waals surface area contributed by atoms with E-state index in [1.54, 1.807) is 4.90 Å². The van der Waals surface area contributed by atoms with E-state index >= 15 is 0 Å². The molecule has 144 valence electrons. The van der Waals surface area contributed by atoms with Gasteiger partial charge in [-0.2, -0.15) is 4.98 Å². The number of nitrogens with zero attached hydrogens (tertiary/aromatic N) is 3. The average Bonchev–Trinajstić information content (AvgIpc) is 2.64. The Balaban J connectivity index is 1.62. The Morgan fingerprint density at radius 2 is 1.96 bits per heavy atom. The summed E-state index contributed by atoms with van der Waals surface area (Å²) in [6.45, 7) is 7.62. The summed E-state index contributed by atoms with van der Waals surface area (Å²) >= 11 is 0. The second-order valence-corrected chi connectivity index (χ2v) is 6.76. The molecule has 1 amide bonds. The number of hydrogen-bond acceptors (Lipinski definition) is 6. The molecule has 2 heterocycles. The number of likely N-dealkylation sites (tertiary alicyclic amines) is 1. The molecule has 0 unspecified atom stereocenters. The number of carbonyl (C=O) groups is 1. The highest BCUT2D eigenvalue weighted by atomic mass is 16.6. The average molecular weight is 369 g/mol. The molecule has 1 aliphatic heterocycles. The maximum Gasteiger partial charge on any atom is 0.409 e. The van der Waals surface area contributed by atoms with Crippen LogP contribution in [0.3, 0.4) is 0 Å². The molecule has 2 aromatic rings. The van der Waals surface area contributed by atoms with Crippen LogP contribution in [0.1, 0.15) is 31.0 Å². The Bertz CT molecular complexity index is 788. The number of piperidine rings is 1. The van der Waals surface area contributed by atoms with E-state index < -0.39 is 0 Å². The predicted octanol–water partition coefficient (Wildman–Crippen LogP) is 3.87. The molecule has 27 heavy (non-hydrogen) atoms. The van der Waals surface area contributed by atoms with Crippen LogP contribution in [-0.2, 0) is 4.74 Å². The van der Waals surface area contributed by atoms with Crippen molar-refractivity contribution in [3.8, 4) is 0 Å². The summed E-state index contributed by atoms with van der Waals surface area (Å²) in [5, 5.41) is 6.78. The number of aromatic nitrogens is 2. The number of ether oxygens (including phenoxy) is 1. The van der Waals surface area contributed by atoms with Crippen molar-refractivity contribution in [3.63, 3.8) is 0 Å². The number of aryl methyl sites for hydroxylation is 2. The first-order chi connectivity index (χ1) is 13.0. The third kappa shape index (κ3) is 5.09. The van der Waals surface area contributed by atoms with Crippen LogP contribution in [0.5, 0.6) is 0 Å². The monoisotopic (exact) mass is 369 g/mol. The Morgan fingerprint density at radius 1 is 1.22 bits per heavy atom. The molecule has 1 aromatic heterocycles. The number of para-hydroxylation sites is 1. The molecule has 1 aliphatic rings. The minimum absolute atomic E-state index is 0.224. The van der Waals surface area contributed by atoms with Gasteiger partial charge in [-0.25, -0.2) is 9.78 Å². The van der Waals surface area contributed by atoms with Crippen molar-refractivity contribution in [1.29, 1.82) is 0 Å². The lowest BCUT2D eigenvalue weighted by Crippen LogP contribution is -2.42. The molecule has 0 saturated carbocycles. The second-order valence-electron chi connectivity index (χ2n) is 6.76. The molecule has 7 heteroatoms. The van der Waals surface area contributed by atoms with Crippen molar-refractivity contribution >= 4 is 23.5 Å². The zero-order chi connectivity index (χ0) is 19.2. The van der Waals surface area contributed by atoms with Gasteiger partial charge in [0.25, 0.3) is 0 Å². The molecule has 1 fully saturated rings. The molecular formula is C20H27N5O2. The second kappa shape index (κ2) is 8.70. The van der Waals surface area contributed by atoms with Gasteiger partial charge in [-0.05, 0) is 45.2 Å². The molecule has 7 nitrogen and oxygen atoms in total. The first-order valence-corrected chi connectivity index (χ1v) is 9.41. The van der Waals surface area contributed by atoms with E-state index in [1.807, 2.05) is 38.1 Å². The molecule has 2 N–H and O–H groups in total. The van der Waals surface area contributed by atoms with Crippen molar-refractivity contribution in [2.24, 2.45) is 0 Å². The summed E-state index contributed by atoms with van der Waals surface area (Å²) in [7, 11) is 0. The lowest BCUT2D eigenvalue weighted by molar-refractivity contribution is 0.0983. The number of hydrogen-bond donors (Lipinski definition) is 2. The lowest BCUT2D eigenvalue weighted by atomic mass is 10.1. The summed E-state index contributed by atoms with van der Waals surface area (Å²) in [5.74, 6) is 1.38. The smallest absolute Gasteiger partial charge is 0.409 e. The quantitative estimate of drug-likeness (QED) is 0.833. The zero-order valence-electron chi connectivity index (χ0n) is 16.2. The Labute approximate surface area is 160 Å². The minimum atomic E-state index is -0.224. The van der Waals surface area contributed by atoms with E-state index in [0.29, 0.717) is 25.6 Å². The van der Waals surface area contributed by atoms with Crippen LogP contribution < -0.4 is 10.6 Å². The fraction of sp³-hybridized carbons (Fsp3) is 0.450. The van der Waals surface area contributed by atoms with Gasteiger partial charge >= 0.3 is 6.09 Å². The molecule has 3 rings (SSSR count). The van der Waals surface area contributed by atoms with Gasteiger partial charge in [-0.3, -0.25) is 0 Å². The summed E-state index contributed by atoms with van der Waals surface area (Å²) in [4.78, 5) is 22.7. The van der Waals surface area contributed by atoms with Gasteiger partial charge in [-0.1, -0.05) is 18.2 Å². The summed E-state index contributed by atoms with van der Waals surface area (Å²) in [6, 6.07) is 10.3. The SMILES string of the molecule is CCOC(=O)N1CCC(Nc2cc(C)nc(Nc3ccccc3C)n2)CC1. The van der Waals surface area contributed by atoms with E-state index in [-0.39, 0.29) is 12.1 Å². The molecule has 1 saturated heterocycles. The first kappa shape index (κ1) is 18.9. The van der Waals surface area contributed by atoms with Gasteiger partial charge in [0.05, 0.1) is 6.61 Å². The highest BCUT2D eigenvalue weighted by Crippen LogP contribution is 2.21. The third-order valence-electron chi connectivity index (χ3n) is 4.62. The summed E-state index contributed by atoms with van der Waals surface area (Å²) in [5.41, 5.74) is 3.03. The number of benzene rings is 1. The molecule has 0 atom stereocenters. The molecule has 0 bridgehead atoms. The predicted molar refractivity (Wildman–Crippen MR) is 106 cm³/mol. The van der Waals surface area contributed by atoms with E-state index in [1.165, 1.54) is 0 Å². The molecule has 1 aromatic carbocycles. The standard InChI is InChI=1S/C20H27N5O2/c1-4-27-20(26)25-11-9-16(10-12-25)22-18-13-15(3)21-19(24-18)23-17-8-6-5-7-14(17)2/h5-8,13,16H,4,9-12H2,1-3H3,(H2,21,22,23,24).